The first-order valence-corrected chi connectivity index (χ1v) is 7.72. The van der Waals surface area contributed by atoms with E-state index in [9.17, 15) is 5.11 Å². The van der Waals surface area contributed by atoms with Crippen LogP contribution in [0.2, 0.25) is 0 Å². The van der Waals surface area contributed by atoms with Crippen LogP contribution in [0.3, 0.4) is 0 Å². The van der Waals surface area contributed by atoms with Gasteiger partial charge in [-0.2, -0.15) is 0 Å². The van der Waals surface area contributed by atoms with Crippen molar-refractivity contribution in [3.8, 4) is 11.1 Å². The van der Waals surface area contributed by atoms with E-state index < -0.39 is 5.60 Å². The van der Waals surface area contributed by atoms with Crippen molar-refractivity contribution in [2.45, 2.75) is 18.4 Å². The Bertz CT molecular complexity index is 785. The van der Waals surface area contributed by atoms with Crippen molar-refractivity contribution in [2.24, 2.45) is 0 Å². The van der Waals surface area contributed by atoms with Crippen LogP contribution in [-0.2, 0) is 5.60 Å². The number of nitrogens with one attached hydrogen (secondary N) is 2. The highest BCUT2D eigenvalue weighted by Crippen LogP contribution is 2.33. The monoisotopic (exact) mass is 293 g/mol. The molecule has 1 saturated heterocycles. The quantitative estimate of drug-likeness (QED) is 0.681. The zero-order valence-electron chi connectivity index (χ0n) is 12.3. The van der Waals surface area contributed by atoms with Gasteiger partial charge in [-0.15, -0.1) is 0 Å². The standard InChI is InChI=1S/C18H19N3O/c22-18(7-11-19-12-8-18)14-3-1-13(2-4-14)15-5-9-20-17-16(15)6-10-21-17/h1-6,9-10,19,22H,7-8,11-12H2,(H,20,21). The summed E-state index contributed by atoms with van der Waals surface area (Å²) in [7, 11) is 0. The summed E-state index contributed by atoms with van der Waals surface area (Å²) in [6, 6.07) is 12.4. The molecule has 3 aromatic rings. The van der Waals surface area contributed by atoms with Crippen molar-refractivity contribution < 1.29 is 5.11 Å². The molecule has 4 heteroatoms. The number of hydrogen-bond acceptors (Lipinski definition) is 3. The molecule has 0 saturated carbocycles. The molecular formula is C18H19N3O. The normalized spacial score (nSPS) is 17.7. The Morgan fingerprint density at radius 3 is 2.55 bits per heavy atom. The molecule has 22 heavy (non-hydrogen) atoms. The molecule has 112 valence electrons. The lowest BCUT2D eigenvalue weighted by molar-refractivity contribution is 0.00595. The summed E-state index contributed by atoms with van der Waals surface area (Å²) in [4.78, 5) is 7.47. The highest BCUT2D eigenvalue weighted by Gasteiger charge is 2.30. The number of rotatable bonds is 2. The largest absolute Gasteiger partial charge is 0.385 e. The summed E-state index contributed by atoms with van der Waals surface area (Å²) < 4.78 is 0. The molecule has 0 aliphatic carbocycles. The number of aliphatic hydroxyl groups is 1. The van der Waals surface area contributed by atoms with Gasteiger partial charge >= 0.3 is 0 Å². The maximum absolute atomic E-state index is 10.8. The molecule has 0 spiro atoms. The predicted molar refractivity (Wildman–Crippen MR) is 87.5 cm³/mol. The zero-order valence-corrected chi connectivity index (χ0v) is 12.3. The Hall–Kier alpha value is -2.17. The van der Waals surface area contributed by atoms with Crippen LogP contribution in [0.25, 0.3) is 22.2 Å². The van der Waals surface area contributed by atoms with E-state index in [1.54, 1.807) is 0 Å². The van der Waals surface area contributed by atoms with Gasteiger partial charge in [0.05, 0.1) is 5.60 Å². The molecule has 1 fully saturated rings. The minimum atomic E-state index is -0.689. The van der Waals surface area contributed by atoms with Gasteiger partial charge in [-0.3, -0.25) is 0 Å². The van der Waals surface area contributed by atoms with Gasteiger partial charge in [-0.1, -0.05) is 24.3 Å². The van der Waals surface area contributed by atoms with Gasteiger partial charge in [0.2, 0.25) is 0 Å². The van der Waals surface area contributed by atoms with Crippen LogP contribution in [0, 0.1) is 0 Å². The van der Waals surface area contributed by atoms with Crippen LogP contribution in [0.1, 0.15) is 18.4 Å². The lowest BCUT2D eigenvalue weighted by Gasteiger charge is -2.33. The van der Waals surface area contributed by atoms with Crippen molar-refractivity contribution in [1.82, 2.24) is 15.3 Å². The van der Waals surface area contributed by atoms with E-state index in [1.165, 1.54) is 0 Å². The fourth-order valence-electron chi connectivity index (χ4n) is 3.30. The third-order valence-electron chi connectivity index (χ3n) is 4.62. The highest BCUT2D eigenvalue weighted by atomic mass is 16.3. The fourth-order valence-corrected chi connectivity index (χ4v) is 3.30. The molecule has 0 unspecified atom stereocenters. The maximum Gasteiger partial charge on any atom is 0.137 e. The molecule has 1 aliphatic rings. The van der Waals surface area contributed by atoms with Crippen molar-refractivity contribution in [3.05, 3.63) is 54.4 Å². The van der Waals surface area contributed by atoms with Gasteiger partial charge in [-0.05, 0) is 54.8 Å². The summed E-state index contributed by atoms with van der Waals surface area (Å²) in [6.07, 6.45) is 5.27. The van der Waals surface area contributed by atoms with E-state index in [-0.39, 0.29) is 0 Å². The lowest BCUT2D eigenvalue weighted by atomic mass is 9.84. The number of aromatic amines is 1. The van der Waals surface area contributed by atoms with E-state index in [0.717, 1.165) is 53.7 Å². The van der Waals surface area contributed by atoms with Gasteiger partial charge in [0.25, 0.3) is 0 Å². The molecular weight excluding hydrogens is 274 g/mol. The Kier molecular flexibility index (Phi) is 3.21. The smallest absolute Gasteiger partial charge is 0.137 e. The lowest BCUT2D eigenvalue weighted by Crippen LogP contribution is -2.39. The van der Waals surface area contributed by atoms with E-state index >= 15 is 0 Å². The fraction of sp³-hybridized carbons (Fsp3) is 0.278. The molecule has 0 amide bonds. The highest BCUT2D eigenvalue weighted by molar-refractivity contribution is 5.92. The Balaban J connectivity index is 1.71. The summed E-state index contributed by atoms with van der Waals surface area (Å²) in [5, 5.41) is 15.2. The first-order chi connectivity index (χ1) is 10.8. The van der Waals surface area contributed by atoms with Crippen LogP contribution in [0.5, 0.6) is 0 Å². The number of piperidine rings is 1. The number of nitrogens with zero attached hydrogens (tertiary/aromatic N) is 1. The van der Waals surface area contributed by atoms with Crippen LogP contribution in [0.15, 0.2) is 48.8 Å². The first-order valence-electron chi connectivity index (χ1n) is 7.72. The van der Waals surface area contributed by atoms with Crippen molar-refractivity contribution in [3.63, 3.8) is 0 Å². The van der Waals surface area contributed by atoms with Crippen molar-refractivity contribution in [1.29, 1.82) is 0 Å². The van der Waals surface area contributed by atoms with Crippen LogP contribution in [-0.4, -0.2) is 28.2 Å². The second-order valence-corrected chi connectivity index (χ2v) is 5.96. The van der Waals surface area contributed by atoms with E-state index in [4.69, 9.17) is 0 Å². The number of benzene rings is 1. The number of pyridine rings is 1. The molecule has 4 nitrogen and oxygen atoms in total. The molecule has 1 aromatic carbocycles. The van der Waals surface area contributed by atoms with E-state index in [2.05, 4.69) is 39.6 Å². The van der Waals surface area contributed by atoms with Crippen LogP contribution >= 0.6 is 0 Å². The summed E-state index contributed by atoms with van der Waals surface area (Å²) in [5.74, 6) is 0. The van der Waals surface area contributed by atoms with Crippen molar-refractivity contribution >= 4 is 11.0 Å². The van der Waals surface area contributed by atoms with Crippen molar-refractivity contribution in [2.75, 3.05) is 13.1 Å². The molecule has 3 N–H and O–H groups in total. The second-order valence-electron chi connectivity index (χ2n) is 5.96. The Labute approximate surface area is 129 Å². The number of H-pyrrole nitrogens is 1. The summed E-state index contributed by atoms with van der Waals surface area (Å²) in [6.45, 7) is 1.74. The summed E-state index contributed by atoms with van der Waals surface area (Å²) >= 11 is 0. The average molecular weight is 293 g/mol. The zero-order chi connectivity index (χ0) is 15.0. The van der Waals surface area contributed by atoms with Crippen LogP contribution in [0.4, 0.5) is 0 Å². The molecule has 2 aromatic heterocycles. The van der Waals surface area contributed by atoms with Crippen LogP contribution < -0.4 is 5.32 Å². The maximum atomic E-state index is 10.8. The van der Waals surface area contributed by atoms with E-state index in [1.807, 2.05) is 24.5 Å². The minimum Gasteiger partial charge on any atom is -0.385 e. The molecule has 0 bridgehead atoms. The Morgan fingerprint density at radius 2 is 1.77 bits per heavy atom. The topological polar surface area (TPSA) is 60.9 Å². The van der Waals surface area contributed by atoms with Gasteiger partial charge in [0.15, 0.2) is 0 Å². The third-order valence-corrected chi connectivity index (χ3v) is 4.62. The third kappa shape index (κ3) is 2.21. The number of aromatic nitrogens is 2. The number of hydrogen-bond donors (Lipinski definition) is 3. The molecule has 0 atom stereocenters. The minimum absolute atomic E-state index is 0.689. The van der Waals surface area contributed by atoms with Gasteiger partial charge in [0, 0.05) is 17.8 Å². The predicted octanol–water partition coefficient (Wildman–Crippen LogP) is 2.80. The van der Waals surface area contributed by atoms with Gasteiger partial charge in [-0.25, -0.2) is 4.98 Å². The molecule has 3 heterocycles. The number of fused-ring (bicyclic) bond motifs is 1. The average Bonchev–Trinajstić information content (AvgIpc) is 3.04. The van der Waals surface area contributed by atoms with Gasteiger partial charge in [0.1, 0.15) is 5.65 Å². The summed E-state index contributed by atoms with van der Waals surface area (Å²) in [5.41, 5.74) is 3.53. The Morgan fingerprint density at radius 1 is 1.00 bits per heavy atom. The molecule has 4 rings (SSSR count). The SMILES string of the molecule is OC1(c2ccc(-c3ccnc4[nH]ccc34)cc2)CCNCC1. The molecule has 1 aliphatic heterocycles. The van der Waals surface area contributed by atoms with Gasteiger partial charge < -0.3 is 15.4 Å². The molecule has 0 radical (unpaired) electrons. The first kappa shape index (κ1) is 13.5. The van der Waals surface area contributed by atoms with E-state index in [0.29, 0.717) is 0 Å². The second kappa shape index (κ2) is 5.23.